The maximum absolute atomic E-state index is 13.0. The number of halogens is 1. The summed E-state index contributed by atoms with van der Waals surface area (Å²) in [6.45, 7) is 0. The number of rotatable bonds is 4. The third-order valence-electron chi connectivity index (χ3n) is 4.22. The van der Waals surface area contributed by atoms with Crippen LogP contribution in [0.2, 0.25) is 0 Å². The van der Waals surface area contributed by atoms with E-state index in [0.717, 1.165) is 22.0 Å². The van der Waals surface area contributed by atoms with E-state index in [2.05, 4.69) is 15.0 Å². The number of benzene rings is 1. The third-order valence-corrected chi connectivity index (χ3v) is 4.22. The van der Waals surface area contributed by atoms with Crippen LogP contribution in [0.15, 0.2) is 67.3 Å². The molecule has 4 rings (SSSR count). The molecule has 0 spiro atoms. The molecule has 3 aromatic heterocycles. The highest BCUT2D eigenvalue weighted by atomic mass is 19.1. The molecule has 0 unspecified atom stereocenters. The van der Waals surface area contributed by atoms with Crippen molar-refractivity contribution in [2.24, 2.45) is 0 Å². The van der Waals surface area contributed by atoms with Gasteiger partial charge in [0.2, 0.25) is 0 Å². The lowest BCUT2D eigenvalue weighted by molar-refractivity contribution is 0.0992. The van der Waals surface area contributed by atoms with E-state index in [1.807, 2.05) is 12.1 Å². The number of fused-ring (bicyclic) bond motifs is 1. The summed E-state index contributed by atoms with van der Waals surface area (Å²) < 4.78 is 13.0. The number of hydrogen-bond acceptors (Lipinski definition) is 5. The Labute approximate surface area is 154 Å². The number of carbonyl (C=O) groups excluding carboxylic acids is 1. The Morgan fingerprint density at radius 3 is 2.48 bits per heavy atom. The van der Waals surface area contributed by atoms with Crippen LogP contribution in [0.5, 0.6) is 0 Å². The van der Waals surface area contributed by atoms with E-state index >= 15 is 0 Å². The van der Waals surface area contributed by atoms with Gasteiger partial charge < -0.3 is 5.73 Å². The Bertz CT molecular complexity index is 1140. The van der Waals surface area contributed by atoms with Crippen molar-refractivity contribution >= 4 is 22.2 Å². The Kier molecular flexibility index (Phi) is 4.30. The fourth-order valence-electron chi connectivity index (χ4n) is 2.84. The predicted octanol–water partition coefficient (Wildman–Crippen LogP) is 3.84. The van der Waals surface area contributed by atoms with E-state index in [9.17, 15) is 9.18 Å². The van der Waals surface area contributed by atoms with Crippen molar-refractivity contribution in [1.29, 1.82) is 0 Å². The summed E-state index contributed by atoms with van der Waals surface area (Å²) in [5.74, 6) is -0.484. The standard InChI is InChI=1S/C21H15FN4O/c22-17-3-1-13(2-4-17)21(27)8-19-6-14-7-20(26-11-16(14)10-25-19)15-5-18(23)12-24-9-15/h1-7,9-12H,8,23H2. The molecule has 0 atom stereocenters. The maximum Gasteiger partial charge on any atom is 0.168 e. The van der Waals surface area contributed by atoms with Crippen molar-refractivity contribution in [1.82, 2.24) is 15.0 Å². The van der Waals surface area contributed by atoms with Crippen molar-refractivity contribution in [2.75, 3.05) is 5.73 Å². The molecule has 5 nitrogen and oxygen atoms in total. The fraction of sp³-hybridized carbons (Fsp3) is 0.0476. The summed E-state index contributed by atoms with van der Waals surface area (Å²) in [5, 5.41) is 1.79. The topological polar surface area (TPSA) is 81.8 Å². The van der Waals surface area contributed by atoms with Gasteiger partial charge in [0, 0.05) is 47.0 Å². The first-order valence-electron chi connectivity index (χ1n) is 8.33. The molecule has 0 bridgehead atoms. The molecule has 0 aliphatic carbocycles. The first-order chi connectivity index (χ1) is 13.1. The smallest absolute Gasteiger partial charge is 0.168 e. The molecule has 4 aromatic rings. The summed E-state index contributed by atoms with van der Waals surface area (Å²) in [6.07, 6.45) is 6.83. The number of Topliss-reactive ketones (excluding diaryl/α,β-unsaturated/α-hetero) is 1. The van der Waals surface area contributed by atoms with Crippen molar-refractivity contribution in [3.8, 4) is 11.3 Å². The second-order valence-electron chi connectivity index (χ2n) is 6.21. The summed E-state index contributed by atoms with van der Waals surface area (Å²) in [7, 11) is 0. The quantitative estimate of drug-likeness (QED) is 0.561. The number of ketones is 1. The van der Waals surface area contributed by atoms with Crippen LogP contribution >= 0.6 is 0 Å². The van der Waals surface area contributed by atoms with Gasteiger partial charge in [0.1, 0.15) is 5.82 Å². The lowest BCUT2D eigenvalue weighted by Crippen LogP contribution is -2.05. The zero-order valence-electron chi connectivity index (χ0n) is 14.3. The highest BCUT2D eigenvalue weighted by molar-refractivity contribution is 5.97. The summed E-state index contributed by atoms with van der Waals surface area (Å²) >= 11 is 0. The van der Waals surface area contributed by atoms with Crippen LogP contribution in [0.3, 0.4) is 0 Å². The molecular weight excluding hydrogens is 343 g/mol. The minimum absolute atomic E-state index is 0.115. The Balaban J connectivity index is 1.64. The molecule has 0 radical (unpaired) electrons. The van der Waals surface area contributed by atoms with Gasteiger partial charge in [0.25, 0.3) is 0 Å². The van der Waals surface area contributed by atoms with Crippen LogP contribution in [0.1, 0.15) is 16.1 Å². The number of anilines is 1. The number of nitrogen functional groups attached to an aromatic ring is 1. The molecule has 0 saturated carbocycles. The van der Waals surface area contributed by atoms with Gasteiger partial charge in [-0.15, -0.1) is 0 Å². The third kappa shape index (κ3) is 3.64. The molecule has 0 fully saturated rings. The Morgan fingerprint density at radius 2 is 1.70 bits per heavy atom. The lowest BCUT2D eigenvalue weighted by Gasteiger charge is -2.06. The zero-order chi connectivity index (χ0) is 18.8. The predicted molar refractivity (Wildman–Crippen MR) is 102 cm³/mol. The number of carbonyl (C=O) groups is 1. The fourth-order valence-corrected chi connectivity index (χ4v) is 2.84. The van der Waals surface area contributed by atoms with E-state index in [4.69, 9.17) is 5.73 Å². The minimum atomic E-state index is -0.369. The van der Waals surface area contributed by atoms with Gasteiger partial charge in [-0.25, -0.2) is 4.39 Å². The van der Waals surface area contributed by atoms with Gasteiger partial charge in [-0.3, -0.25) is 19.7 Å². The van der Waals surface area contributed by atoms with E-state index in [1.54, 1.807) is 30.9 Å². The largest absolute Gasteiger partial charge is 0.397 e. The Hall–Kier alpha value is -3.67. The van der Waals surface area contributed by atoms with Crippen LogP contribution in [0.25, 0.3) is 22.0 Å². The van der Waals surface area contributed by atoms with Gasteiger partial charge in [-0.1, -0.05) is 0 Å². The molecule has 6 heteroatoms. The molecule has 0 aliphatic heterocycles. The molecule has 3 heterocycles. The SMILES string of the molecule is Nc1cncc(-c2cc3cc(CC(=O)c4ccc(F)cc4)ncc3cn2)c1. The molecule has 1 aromatic carbocycles. The molecule has 0 saturated heterocycles. The van der Waals surface area contributed by atoms with Crippen LogP contribution in [-0.2, 0) is 6.42 Å². The molecular formula is C21H15FN4O. The van der Waals surface area contributed by atoms with Crippen LogP contribution < -0.4 is 5.73 Å². The van der Waals surface area contributed by atoms with Crippen LogP contribution in [0.4, 0.5) is 10.1 Å². The first kappa shape index (κ1) is 16.8. The van der Waals surface area contributed by atoms with Gasteiger partial charge in [0.15, 0.2) is 5.78 Å². The molecule has 2 N–H and O–H groups in total. The van der Waals surface area contributed by atoms with Crippen molar-refractivity contribution in [3.05, 3.63) is 84.3 Å². The van der Waals surface area contributed by atoms with Gasteiger partial charge in [-0.2, -0.15) is 0 Å². The molecule has 27 heavy (non-hydrogen) atoms. The number of nitrogens with zero attached hydrogens (tertiary/aromatic N) is 3. The molecule has 0 aliphatic rings. The minimum Gasteiger partial charge on any atom is -0.397 e. The van der Waals surface area contributed by atoms with E-state index < -0.39 is 0 Å². The monoisotopic (exact) mass is 358 g/mol. The van der Waals surface area contributed by atoms with Gasteiger partial charge >= 0.3 is 0 Å². The second-order valence-corrected chi connectivity index (χ2v) is 6.21. The van der Waals surface area contributed by atoms with Crippen molar-refractivity contribution in [3.63, 3.8) is 0 Å². The van der Waals surface area contributed by atoms with E-state index in [1.165, 1.54) is 24.3 Å². The van der Waals surface area contributed by atoms with Crippen molar-refractivity contribution in [2.45, 2.75) is 6.42 Å². The summed E-state index contributed by atoms with van der Waals surface area (Å²) in [5.41, 5.74) is 9.01. The van der Waals surface area contributed by atoms with E-state index in [-0.39, 0.29) is 18.0 Å². The normalized spacial score (nSPS) is 10.9. The number of hydrogen-bond donors (Lipinski definition) is 1. The van der Waals surface area contributed by atoms with Crippen LogP contribution in [-0.4, -0.2) is 20.7 Å². The summed E-state index contributed by atoms with van der Waals surface area (Å²) in [4.78, 5) is 25.2. The zero-order valence-corrected chi connectivity index (χ0v) is 14.3. The van der Waals surface area contributed by atoms with Gasteiger partial charge in [-0.05, 0) is 47.9 Å². The highest BCUT2D eigenvalue weighted by Crippen LogP contribution is 2.23. The van der Waals surface area contributed by atoms with E-state index in [0.29, 0.717) is 16.9 Å². The summed E-state index contributed by atoms with van der Waals surface area (Å²) in [6, 6.07) is 11.1. The first-order valence-corrected chi connectivity index (χ1v) is 8.33. The Morgan fingerprint density at radius 1 is 0.926 bits per heavy atom. The number of pyridine rings is 3. The molecule has 0 amide bonds. The van der Waals surface area contributed by atoms with Crippen molar-refractivity contribution < 1.29 is 9.18 Å². The number of nitrogens with two attached hydrogens (primary N) is 1. The number of aromatic nitrogens is 3. The lowest BCUT2D eigenvalue weighted by atomic mass is 10.0. The highest BCUT2D eigenvalue weighted by Gasteiger charge is 2.10. The average Bonchev–Trinajstić information content (AvgIpc) is 2.68. The van der Waals surface area contributed by atoms with Crippen LogP contribution in [0, 0.1) is 5.82 Å². The second kappa shape index (κ2) is 6.92. The van der Waals surface area contributed by atoms with Gasteiger partial charge in [0.05, 0.1) is 17.8 Å². The maximum atomic E-state index is 13.0. The average molecular weight is 358 g/mol. The molecule has 132 valence electrons.